The van der Waals surface area contributed by atoms with Crippen molar-refractivity contribution in [2.24, 2.45) is 0 Å². The first kappa shape index (κ1) is 12.3. The van der Waals surface area contributed by atoms with E-state index in [1.807, 2.05) is 0 Å². The first-order chi connectivity index (χ1) is 7.55. The molecular formula is C13H25NO2. The lowest BCUT2D eigenvalue weighted by Gasteiger charge is -2.41. The molecule has 2 atom stereocenters. The molecule has 2 saturated heterocycles. The topological polar surface area (TPSA) is 21.7 Å². The van der Waals surface area contributed by atoms with Gasteiger partial charge in [-0.3, -0.25) is 4.90 Å². The number of likely N-dealkylation sites (tertiary alicyclic amines) is 1. The van der Waals surface area contributed by atoms with Crippen molar-refractivity contribution in [2.75, 3.05) is 19.6 Å². The lowest BCUT2D eigenvalue weighted by molar-refractivity contribution is -0.272. The highest BCUT2D eigenvalue weighted by Crippen LogP contribution is 2.28. The summed E-state index contributed by atoms with van der Waals surface area (Å²) in [6, 6.07) is 0. The van der Waals surface area contributed by atoms with Crippen LogP contribution in [0.5, 0.6) is 0 Å². The summed E-state index contributed by atoms with van der Waals surface area (Å²) in [5.41, 5.74) is -0.0296. The van der Waals surface area contributed by atoms with E-state index in [-0.39, 0.29) is 11.9 Å². The second-order valence-electron chi connectivity index (χ2n) is 5.82. The van der Waals surface area contributed by atoms with Gasteiger partial charge in [-0.1, -0.05) is 6.42 Å². The molecule has 0 aliphatic carbocycles. The Morgan fingerprint density at radius 3 is 2.50 bits per heavy atom. The van der Waals surface area contributed by atoms with Gasteiger partial charge in [0.1, 0.15) is 0 Å². The molecule has 2 rings (SSSR count). The summed E-state index contributed by atoms with van der Waals surface area (Å²) in [5.74, 6) is 0. The fourth-order valence-electron chi connectivity index (χ4n) is 2.86. The molecule has 0 radical (unpaired) electrons. The van der Waals surface area contributed by atoms with E-state index >= 15 is 0 Å². The number of rotatable bonds is 2. The van der Waals surface area contributed by atoms with Crippen molar-refractivity contribution in [3.8, 4) is 0 Å². The standard InChI is InChI=1S/C13H25NO2/c1-11-9-13(2,3)16-12(15-11)10-14-7-5-4-6-8-14/h11-12H,4-10H2,1-3H3/t11-,12-/m1/s1. The van der Waals surface area contributed by atoms with Crippen molar-refractivity contribution < 1.29 is 9.47 Å². The molecule has 0 aromatic rings. The molecule has 2 aliphatic rings. The van der Waals surface area contributed by atoms with Gasteiger partial charge in [0.05, 0.1) is 11.7 Å². The van der Waals surface area contributed by atoms with Gasteiger partial charge in [-0.25, -0.2) is 0 Å². The van der Waals surface area contributed by atoms with Crippen LogP contribution in [-0.4, -0.2) is 42.5 Å². The molecule has 0 unspecified atom stereocenters. The maximum Gasteiger partial charge on any atom is 0.171 e. The van der Waals surface area contributed by atoms with E-state index in [2.05, 4.69) is 25.7 Å². The Balaban J connectivity index is 1.84. The van der Waals surface area contributed by atoms with Gasteiger partial charge < -0.3 is 9.47 Å². The molecule has 0 saturated carbocycles. The molecule has 0 N–H and O–H groups in total. The molecule has 0 bridgehead atoms. The average molecular weight is 227 g/mol. The minimum absolute atomic E-state index is 0.0296. The average Bonchev–Trinajstić information content (AvgIpc) is 2.15. The predicted octanol–water partition coefficient (Wildman–Crippen LogP) is 2.40. The molecule has 2 heterocycles. The maximum atomic E-state index is 5.98. The van der Waals surface area contributed by atoms with Crippen molar-refractivity contribution in [1.82, 2.24) is 4.90 Å². The largest absolute Gasteiger partial charge is 0.348 e. The van der Waals surface area contributed by atoms with E-state index < -0.39 is 0 Å². The Bertz CT molecular complexity index is 224. The minimum Gasteiger partial charge on any atom is -0.348 e. The normalized spacial score (nSPS) is 36.2. The molecule has 2 aliphatic heterocycles. The first-order valence-corrected chi connectivity index (χ1v) is 6.61. The third-order valence-corrected chi connectivity index (χ3v) is 3.47. The Labute approximate surface area is 99.1 Å². The summed E-state index contributed by atoms with van der Waals surface area (Å²) in [7, 11) is 0. The molecule has 2 fully saturated rings. The Morgan fingerprint density at radius 2 is 1.88 bits per heavy atom. The molecular weight excluding hydrogens is 202 g/mol. The lowest BCUT2D eigenvalue weighted by atomic mass is 10.00. The zero-order chi connectivity index (χ0) is 11.6. The van der Waals surface area contributed by atoms with Crippen molar-refractivity contribution >= 4 is 0 Å². The van der Waals surface area contributed by atoms with Gasteiger partial charge >= 0.3 is 0 Å². The van der Waals surface area contributed by atoms with Crippen LogP contribution >= 0.6 is 0 Å². The summed E-state index contributed by atoms with van der Waals surface area (Å²) in [6.45, 7) is 9.82. The Kier molecular flexibility index (Phi) is 3.88. The van der Waals surface area contributed by atoms with Crippen LogP contribution in [0.4, 0.5) is 0 Å². The lowest BCUT2D eigenvalue weighted by Crippen LogP contribution is -2.48. The second-order valence-corrected chi connectivity index (χ2v) is 5.82. The van der Waals surface area contributed by atoms with E-state index in [0.29, 0.717) is 6.10 Å². The van der Waals surface area contributed by atoms with E-state index in [4.69, 9.17) is 9.47 Å². The molecule has 0 aromatic carbocycles. The van der Waals surface area contributed by atoms with Crippen molar-refractivity contribution in [3.63, 3.8) is 0 Å². The monoisotopic (exact) mass is 227 g/mol. The molecule has 16 heavy (non-hydrogen) atoms. The highest BCUT2D eigenvalue weighted by atomic mass is 16.7. The van der Waals surface area contributed by atoms with Gasteiger partial charge in [-0.05, 0) is 46.7 Å². The quantitative estimate of drug-likeness (QED) is 0.723. The fraction of sp³-hybridized carbons (Fsp3) is 1.00. The number of hydrogen-bond acceptors (Lipinski definition) is 3. The van der Waals surface area contributed by atoms with Gasteiger partial charge in [0.2, 0.25) is 0 Å². The van der Waals surface area contributed by atoms with Crippen LogP contribution in [0.25, 0.3) is 0 Å². The number of piperidine rings is 1. The predicted molar refractivity (Wildman–Crippen MR) is 64.4 cm³/mol. The van der Waals surface area contributed by atoms with Gasteiger partial charge in [-0.15, -0.1) is 0 Å². The number of ether oxygens (including phenoxy) is 2. The molecule has 0 amide bonds. The van der Waals surface area contributed by atoms with E-state index in [1.165, 1.54) is 32.4 Å². The molecule has 3 heteroatoms. The maximum absolute atomic E-state index is 5.98. The van der Waals surface area contributed by atoms with Crippen molar-refractivity contribution in [2.45, 2.75) is 64.4 Å². The minimum atomic E-state index is -0.0307. The van der Waals surface area contributed by atoms with Crippen molar-refractivity contribution in [3.05, 3.63) is 0 Å². The van der Waals surface area contributed by atoms with Crippen LogP contribution in [0.3, 0.4) is 0 Å². The van der Waals surface area contributed by atoms with Gasteiger partial charge in [0, 0.05) is 13.0 Å². The van der Waals surface area contributed by atoms with Gasteiger partial charge in [0.25, 0.3) is 0 Å². The SMILES string of the molecule is C[C@@H]1CC(C)(C)O[C@H](CN2CCCCC2)O1. The third kappa shape index (κ3) is 3.44. The first-order valence-electron chi connectivity index (χ1n) is 6.61. The number of hydrogen-bond donors (Lipinski definition) is 0. The smallest absolute Gasteiger partial charge is 0.171 e. The van der Waals surface area contributed by atoms with Crippen LogP contribution in [0.1, 0.15) is 46.5 Å². The zero-order valence-corrected chi connectivity index (χ0v) is 10.9. The van der Waals surface area contributed by atoms with Gasteiger partial charge in [0.15, 0.2) is 6.29 Å². The van der Waals surface area contributed by atoms with Crippen molar-refractivity contribution in [1.29, 1.82) is 0 Å². The second kappa shape index (κ2) is 5.03. The highest BCUT2D eigenvalue weighted by molar-refractivity contribution is 4.79. The third-order valence-electron chi connectivity index (χ3n) is 3.47. The van der Waals surface area contributed by atoms with Crippen LogP contribution in [0.15, 0.2) is 0 Å². The van der Waals surface area contributed by atoms with Crippen LogP contribution < -0.4 is 0 Å². The molecule has 94 valence electrons. The summed E-state index contributed by atoms with van der Waals surface area (Å²) < 4.78 is 11.8. The number of nitrogens with zero attached hydrogens (tertiary/aromatic N) is 1. The van der Waals surface area contributed by atoms with Crippen LogP contribution in [0, 0.1) is 0 Å². The van der Waals surface area contributed by atoms with Crippen LogP contribution in [-0.2, 0) is 9.47 Å². The fourth-order valence-corrected chi connectivity index (χ4v) is 2.86. The van der Waals surface area contributed by atoms with E-state index in [0.717, 1.165) is 13.0 Å². The van der Waals surface area contributed by atoms with Crippen LogP contribution in [0.2, 0.25) is 0 Å². The molecule has 0 spiro atoms. The summed E-state index contributed by atoms with van der Waals surface area (Å²) in [4.78, 5) is 2.47. The summed E-state index contributed by atoms with van der Waals surface area (Å²) in [5, 5.41) is 0. The van der Waals surface area contributed by atoms with Gasteiger partial charge in [-0.2, -0.15) is 0 Å². The molecule has 0 aromatic heterocycles. The summed E-state index contributed by atoms with van der Waals surface area (Å²) in [6.07, 6.45) is 5.31. The summed E-state index contributed by atoms with van der Waals surface area (Å²) >= 11 is 0. The highest BCUT2D eigenvalue weighted by Gasteiger charge is 2.34. The van der Waals surface area contributed by atoms with E-state index in [1.54, 1.807) is 0 Å². The zero-order valence-electron chi connectivity index (χ0n) is 10.9. The Morgan fingerprint density at radius 1 is 1.19 bits per heavy atom. The van der Waals surface area contributed by atoms with E-state index in [9.17, 15) is 0 Å². The Hall–Kier alpha value is -0.120. The molecule has 3 nitrogen and oxygen atoms in total.